The summed E-state index contributed by atoms with van der Waals surface area (Å²) in [6.45, 7) is 2.94. The van der Waals surface area contributed by atoms with Gasteiger partial charge in [-0.2, -0.15) is 10.5 Å². The zero-order valence-electron chi connectivity index (χ0n) is 17.1. The third-order valence-electron chi connectivity index (χ3n) is 4.76. The molecule has 0 spiro atoms. The van der Waals surface area contributed by atoms with Crippen molar-refractivity contribution in [2.75, 3.05) is 12.9 Å². The van der Waals surface area contributed by atoms with Crippen LogP contribution in [0.5, 0.6) is 5.75 Å². The summed E-state index contributed by atoms with van der Waals surface area (Å²) in [4.78, 5) is 1.06. The van der Waals surface area contributed by atoms with Crippen LogP contribution in [0.3, 0.4) is 0 Å². The van der Waals surface area contributed by atoms with E-state index in [4.69, 9.17) is 15.3 Å². The fourth-order valence-corrected chi connectivity index (χ4v) is 3.84. The van der Waals surface area contributed by atoms with Crippen molar-refractivity contribution in [3.63, 3.8) is 0 Å². The lowest BCUT2D eigenvalue weighted by Crippen LogP contribution is -2.02. The van der Waals surface area contributed by atoms with Crippen LogP contribution in [0.15, 0.2) is 17.0 Å². The molecule has 0 aliphatic heterocycles. The number of benzene rings is 1. The maximum Gasteiger partial charge on any atom is 0.123 e. The lowest BCUT2D eigenvalue weighted by atomic mass is 10.1. The van der Waals surface area contributed by atoms with Gasteiger partial charge in [-0.1, -0.05) is 64.7 Å². The van der Waals surface area contributed by atoms with Crippen LogP contribution in [-0.2, 0) is 12.8 Å². The maximum absolute atomic E-state index is 9.08. The Balaban J connectivity index is 2.35. The Morgan fingerprint density at radius 2 is 1.37 bits per heavy atom. The van der Waals surface area contributed by atoms with E-state index in [1.807, 2.05) is 18.4 Å². The summed E-state index contributed by atoms with van der Waals surface area (Å²) < 4.78 is 5.98. The van der Waals surface area contributed by atoms with Gasteiger partial charge in [0.05, 0.1) is 31.6 Å². The SMILES string of the molecule is CCCCCCCCCCCCOc1cc(CC#N)c(SC)cc1CC#N. The Morgan fingerprint density at radius 1 is 0.815 bits per heavy atom. The van der Waals surface area contributed by atoms with Crippen LogP contribution in [0.2, 0.25) is 0 Å². The van der Waals surface area contributed by atoms with E-state index < -0.39 is 0 Å². The monoisotopic (exact) mass is 386 g/mol. The van der Waals surface area contributed by atoms with Crippen molar-refractivity contribution in [1.82, 2.24) is 0 Å². The van der Waals surface area contributed by atoms with E-state index >= 15 is 0 Å². The summed E-state index contributed by atoms with van der Waals surface area (Å²) in [6.07, 6.45) is 15.7. The van der Waals surface area contributed by atoms with Gasteiger partial charge in [-0.3, -0.25) is 0 Å². The van der Waals surface area contributed by atoms with E-state index in [0.717, 1.165) is 28.2 Å². The second-order valence-corrected chi connectivity index (χ2v) is 7.82. The third kappa shape index (κ3) is 9.73. The third-order valence-corrected chi connectivity index (χ3v) is 5.58. The maximum atomic E-state index is 9.08. The van der Waals surface area contributed by atoms with Crippen LogP contribution >= 0.6 is 11.8 Å². The van der Waals surface area contributed by atoms with Gasteiger partial charge in [-0.15, -0.1) is 11.8 Å². The number of ether oxygens (including phenoxy) is 1. The predicted molar refractivity (Wildman–Crippen MR) is 114 cm³/mol. The number of rotatable bonds is 15. The Morgan fingerprint density at radius 3 is 1.93 bits per heavy atom. The lowest BCUT2D eigenvalue weighted by molar-refractivity contribution is 0.301. The first-order valence-electron chi connectivity index (χ1n) is 10.3. The molecule has 4 heteroatoms. The van der Waals surface area contributed by atoms with E-state index in [1.54, 1.807) is 11.8 Å². The molecule has 0 atom stereocenters. The summed E-state index contributed by atoms with van der Waals surface area (Å²) in [7, 11) is 0. The molecule has 0 unspecified atom stereocenters. The topological polar surface area (TPSA) is 56.8 Å². The molecule has 1 aromatic rings. The van der Waals surface area contributed by atoms with Gasteiger partial charge < -0.3 is 4.74 Å². The normalized spacial score (nSPS) is 10.4. The molecule has 3 nitrogen and oxygen atoms in total. The lowest BCUT2D eigenvalue weighted by Gasteiger charge is -2.14. The zero-order valence-corrected chi connectivity index (χ0v) is 17.9. The first kappa shape index (κ1) is 23.4. The molecule has 0 bridgehead atoms. The highest BCUT2D eigenvalue weighted by Crippen LogP contribution is 2.30. The molecule has 0 radical (unpaired) electrons. The molecule has 0 heterocycles. The van der Waals surface area contributed by atoms with Gasteiger partial charge in [0.2, 0.25) is 0 Å². The van der Waals surface area contributed by atoms with Crippen molar-refractivity contribution in [3.8, 4) is 17.9 Å². The molecule has 0 N–H and O–H groups in total. The Hall–Kier alpha value is -1.65. The number of hydrogen-bond acceptors (Lipinski definition) is 4. The number of nitrogens with zero attached hydrogens (tertiary/aromatic N) is 2. The van der Waals surface area contributed by atoms with E-state index in [1.165, 1.54) is 57.8 Å². The second-order valence-electron chi connectivity index (χ2n) is 6.97. The first-order chi connectivity index (χ1) is 13.3. The number of nitriles is 2. The minimum absolute atomic E-state index is 0.341. The molecule has 0 saturated carbocycles. The molecule has 1 rings (SSSR count). The molecule has 0 aliphatic rings. The van der Waals surface area contributed by atoms with Crippen molar-refractivity contribution in [2.45, 2.75) is 88.9 Å². The van der Waals surface area contributed by atoms with Gasteiger partial charge in [0.25, 0.3) is 0 Å². The van der Waals surface area contributed by atoms with E-state index in [0.29, 0.717) is 19.4 Å². The summed E-state index contributed by atoms with van der Waals surface area (Å²) >= 11 is 1.61. The van der Waals surface area contributed by atoms with Gasteiger partial charge in [-0.05, 0) is 30.4 Å². The van der Waals surface area contributed by atoms with Crippen LogP contribution in [-0.4, -0.2) is 12.9 Å². The van der Waals surface area contributed by atoms with Crippen LogP contribution < -0.4 is 4.74 Å². The highest BCUT2D eigenvalue weighted by Gasteiger charge is 2.11. The second kappa shape index (κ2) is 15.4. The molecule has 0 fully saturated rings. The van der Waals surface area contributed by atoms with Gasteiger partial charge >= 0.3 is 0 Å². The standard InChI is InChI=1S/C23H34N2OS/c1-3-4-5-6-7-8-9-10-11-12-17-26-22-18-21(14-16-25)23(27-2)19-20(22)13-15-24/h18-19H,3-14,17H2,1-2H3. The quantitative estimate of drug-likeness (QED) is 0.244. The number of hydrogen-bond donors (Lipinski definition) is 0. The minimum Gasteiger partial charge on any atom is -0.493 e. The van der Waals surface area contributed by atoms with Crippen molar-refractivity contribution >= 4 is 11.8 Å². The molecular weight excluding hydrogens is 352 g/mol. The molecule has 1 aromatic carbocycles. The first-order valence-corrected chi connectivity index (χ1v) is 11.6. The Bertz CT molecular complexity index is 616. The highest BCUT2D eigenvalue weighted by molar-refractivity contribution is 7.98. The molecule has 0 aliphatic carbocycles. The molecule has 27 heavy (non-hydrogen) atoms. The summed E-state index contributed by atoms with van der Waals surface area (Å²) in [5.41, 5.74) is 1.92. The summed E-state index contributed by atoms with van der Waals surface area (Å²) in [5.74, 6) is 0.774. The molecule has 148 valence electrons. The van der Waals surface area contributed by atoms with Gasteiger partial charge in [-0.25, -0.2) is 0 Å². The van der Waals surface area contributed by atoms with Gasteiger partial charge in [0.1, 0.15) is 5.75 Å². The number of thioether (sulfide) groups is 1. The van der Waals surface area contributed by atoms with Crippen LogP contribution in [0.25, 0.3) is 0 Å². The Labute approximate surface area is 170 Å². The Kier molecular flexibility index (Phi) is 13.4. The fraction of sp³-hybridized carbons (Fsp3) is 0.652. The smallest absolute Gasteiger partial charge is 0.123 e. The van der Waals surface area contributed by atoms with Gasteiger partial charge in [0.15, 0.2) is 0 Å². The van der Waals surface area contributed by atoms with Crippen molar-refractivity contribution in [3.05, 3.63) is 23.3 Å². The minimum atomic E-state index is 0.341. The van der Waals surface area contributed by atoms with Crippen molar-refractivity contribution in [1.29, 1.82) is 10.5 Å². The van der Waals surface area contributed by atoms with Crippen molar-refractivity contribution in [2.24, 2.45) is 0 Å². The van der Waals surface area contributed by atoms with Gasteiger partial charge in [0, 0.05) is 10.5 Å². The van der Waals surface area contributed by atoms with E-state index in [-0.39, 0.29) is 0 Å². The fourth-order valence-electron chi connectivity index (χ4n) is 3.19. The van der Waals surface area contributed by atoms with Crippen LogP contribution in [0, 0.1) is 22.7 Å². The molecule has 0 amide bonds. The van der Waals surface area contributed by atoms with E-state index in [2.05, 4.69) is 19.1 Å². The highest BCUT2D eigenvalue weighted by atomic mass is 32.2. The van der Waals surface area contributed by atoms with Crippen LogP contribution in [0.4, 0.5) is 0 Å². The zero-order chi connectivity index (χ0) is 19.7. The van der Waals surface area contributed by atoms with E-state index in [9.17, 15) is 0 Å². The van der Waals surface area contributed by atoms with Crippen LogP contribution in [0.1, 0.15) is 82.3 Å². The largest absolute Gasteiger partial charge is 0.493 e. The molecular formula is C23H34N2OS. The average Bonchev–Trinajstić information content (AvgIpc) is 2.68. The molecule has 0 saturated heterocycles. The summed E-state index contributed by atoms with van der Waals surface area (Å²) in [5, 5.41) is 18.1. The van der Waals surface area contributed by atoms with Crippen molar-refractivity contribution < 1.29 is 4.74 Å². The predicted octanol–water partition coefficient (Wildman–Crippen LogP) is 6.84. The summed E-state index contributed by atoms with van der Waals surface area (Å²) in [6, 6.07) is 8.40. The number of unbranched alkanes of at least 4 members (excludes halogenated alkanes) is 9. The average molecular weight is 387 g/mol. The molecule has 0 aromatic heterocycles.